The third kappa shape index (κ3) is 2.16. The first-order valence-electron chi connectivity index (χ1n) is 5.34. The fraction of sp³-hybridized carbons (Fsp3) is 0.538. The van der Waals surface area contributed by atoms with Crippen molar-refractivity contribution in [3.8, 4) is 0 Å². The van der Waals surface area contributed by atoms with Crippen molar-refractivity contribution in [1.82, 2.24) is 0 Å². The Morgan fingerprint density at radius 3 is 2.00 bits per heavy atom. The summed E-state index contributed by atoms with van der Waals surface area (Å²) < 4.78 is 0. The van der Waals surface area contributed by atoms with E-state index in [1.807, 2.05) is 0 Å². The first-order chi connectivity index (χ1) is 6.70. The van der Waals surface area contributed by atoms with Crippen molar-refractivity contribution in [3.05, 3.63) is 34.4 Å². The highest BCUT2D eigenvalue weighted by molar-refractivity contribution is 5.43. The van der Waals surface area contributed by atoms with Gasteiger partial charge in [-0.2, -0.15) is 0 Å². The molecule has 0 aromatic heterocycles. The van der Waals surface area contributed by atoms with Gasteiger partial charge in [-0.1, -0.05) is 12.1 Å². The molecule has 1 saturated carbocycles. The summed E-state index contributed by atoms with van der Waals surface area (Å²) in [5, 5.41) is 0. The van der Waals surface area contributed by atoms with Crippen LogP contribution >= 0.6 is 0 Å². The zero-order chi connectivity index (χ0) is 10.7. The molecule has 1 fully saturated rings. The SMILES string of the molecule is CN.Cc1ccc(C)c(C2CC2)c1C. The van der Waals surface area contributed by atoms with Crippen LogP contribution in [-0.4, -0.2) is 7.05 Å². The highest BCUT2D eigenvalue weighted by Gasteiger charge is 2.26. The maximum Gasteiger partial charge on any atom is -0.0156 e. The lowest BCUT2D eigenvalue weighted by Gasteiger charge is -2.10. The Bertz CT molecular complexity index is 311. The fourth-order valence-corrected chi connectivity index (χ4v) is 1.97. The minimum absolute atomic E-state index is 0.893. The maximum atomic E-state index is 4.50. The number of aryl methyl sites for hydroxylation is 2. The van der Waals surface area contributed by atoms with Crippen LogP contribution in [0.4, 0.5) is 0 Å². The quantitative estimate of drug-likeness (QED) is 0.725. The summed E-state index contributed by atoms with van der Waals surface area (Å²) in [6, 6.07) is 4.49. The van der Waals surface area contributed by atoms with Gasteiger partial charge in [-0.25, -0.2) is 0 Å². The summed E-state index contributed by atoms with van der Waals surface area (Å²) in [6.07, 6.45) is 2.82. The van der Waals surface area contributed by atoms with Gasteiger partial charge in [0.15, 0.2) is 0 Å². The van der Waals surface area contributed by atoms with Gasteiger partial charge in [0.05, 0.1) is 0 Å². The largest absolute Gasteiger partial charge is 0.333 e. The van der Waals surface area contributed by atoms with Crippen LogP contribution in [-0.2, 0) is 0 Å². The van der Waals surface area contributed by atoms with Crippen molar-refractivity contribution in [3.63, 3.8) is 0 Å². The van der Waals surface area contributed by atoms with Gasteiger partial charge in [-0.05, 0) is 68.8 Å². The number of nitrogens with two attached hydrogens (primary N) is 1. The third-order valence-corrected chi connectivity index (χ3v) is 2.99. The lowest BCUT2D eigenvalue weighted by atomic mass is 9.95. The zero-order valence-electron chi connectivity index (χ0n) is 9.72. The molecule has 0 amide bonds. The van der Waals surface area contributed by atoms with Crippen molar-refractivity contribution in [2.45, 2.75) is 39.5 Å². The number of hydrogen-bond donors (Lipinski definition) is 1. The third-order valence-electron chi connectivity index (χ3n) is 2.99. The fourth-order valence-electron chi connectivity index (χ4n) is 1.97. The lowest BCUT2D eigenvalue weighted by molar-refractivity contribution is 1.05. The number of hydrogen-bond acceptors (Lipinski definition) is 1. The van der Waals surface area contributed by atoms with Crippen LogP contribution < -0.4 is 5.73 Å². The molecule has 0 saturated heterocycles. The Hall–Kier alpha value is -0.820. The lowest BCUT2D eigenvalue weighted by Crippen LogP contribution is -1.93. The van der Waals surface area contributed by atoms with Crippen LogP contribution in [0.3, 0.4) is 0 Å². The molecule has 0 heterocycles. The first kappa shape index (κ1) is 11.3. The minimum Gasteiger partial charge on any atom is -0.333 e. The van der Waals surface area contributed by atoms with Crippen molar-refractivity contribution >= 4 is 0 Å². The van der Waals surface area contributed by atoms with Gasteiger partial charge >= 0.3 is 0 Å². The molecule has 1 aliphatic carbocycles. The molecule has 1 nitrogen and oxygen atoms in total. The molecule has 1 aromatic carbocycles. The second-order valence-corrected chi connectivity index (χ2v) is 4.01. The van der Waals surface area contributed by atoms with Gasteiger partial charge in [0.1, 0.15) is 0 Å². The van der Waals surface area contributed by atoms with E-state index in [0.717, 1.165) is 5.92 Å². The van der Waals surface area contributed by atoms with Gasteiger partial charge in [-0.3, -0.25) is 0 Å². The summed E-state index contributed by atoms with van der Waals surface area (Å²) in [5.41, 5.74) is 10.6. The second kappa shape index (κ2) is 4.61. The summed E-state index contributed by atoms with van der Waals surface area (Å²) in [5.74, 6) is 0.893. The van der Waals surface area contributed by atoms with E-state index in [1.54, 1.807) is 5.56 Å². The second-order valence-electron chi connectivity index (χ2n) is 4.01. The number of benzene rings is 1. The Morgan fingerprint density at radius 2 is 1.50 bits per heavy atom. The molecular formula is C13H21N. The molecule has 0 bridgehead atoms. The topological polar surface area (TPSA) is 26.0 Å². The highest BCUT2D eigenvalue weighted by atomic mass is 14.4. The molecule has 0 spiro atoms. The molecule has 0 unspecified atom stereocenters. The first-order valence-corrected chi connectivity index (χ1v) is 5.34. The summed E-state index contributed by atoms with van der Waals surface area (Å²) >= 11 is 0. The predicted molar refractivity (Wildman–Crippen MR) is 62.7 cm³/mol. The normalized spacial score (nSPS) is 14.6. The Morgan fingerprint density at radius 1 is 1.00 bits per heavy atom. The summed E-state index contributed by atoms with van der Waals surface area (Å²) in [6.45, 7) is 6.71. The Balaban J connectivity index is 0.000000461. The van der Waals surface area contributed by atoms with Crippen molar-refractivity contribution in [1.29, 1.82) is 0 Å². The Kier molecular flexibility index (Phi) is 3.70. The van der Waals surface area contributed by atoms with E-state index in [9.17, 15) is 0 Å². The van der Waals surface area contributed by atoms with E-state index in [4.69, 9.17) is 0 Å². The molecule has 1 aliphatic rings. The van der Waals surface area contributed by atoms with E-state index in [0.29, 0.717) is 0 Å². The molecule has 1 heteroatoms. The van der Waals surface area contributed by atoms with Crippen LogP contribution in [0.15, 0.2) is 12.1 Å². The van der Waals surface area contributed by atoms with E-state index in [1.165, 1.54) is 36.6 Å². The average Bonchev–Trinajstić information content (AvgIpc) is 3.00. The monoisotopic (exact) mass is 191 g/mol. The molecule has 0 atom stereocenters. The molecule has 0 radical (unpaired) electrons. The van der Waals surface area contributed by atoms with Gasteiger partial charge < -0.3 is 5.73 Å². The van der Waals surface area contributed by atoms with Gasteiger partial charge in [0, 0.05) is 0 Å². The number of rotatable bonds is 1. The molecule has 14 heavy (non-hydrogen) atoms. The summed E-state index contributed by atoms with van der Waals surface area (Å²) in [4.78, 5) is 0. The molecule has 2 rings (SSSR count). The standard InChI is InChI=1S/C12H16.CH5N/c1-8-4-5-9(2)12(10(8)3)11-6-7-11;1-2/h4-5,11H,6-7H2,1-3H3;2H2,1H3. The van der Waals surface area contributed by atoms with E-state index < -0.39 is 0 Å². The summed E-state index contributed by atoms with van der Waals surface area (Å²) in [7, 11) is 1.50. The molecule has 0 aliphatic heterocycles. The van der Waals surface area contributed by atoms with Crippen LogP contribution in [0.5, 0.6) is 0 Å². The average molecular weight is 191 g/mol. The van der Waals surface area contributed by atoms with Gasteiger partial charge in [0.2, 0.25) is 0 Å². The molecular weight excluding hydrogens is 170 g/mol. The van der Waals surface area contributed by atoms with Gasteiger partial charge in [0.25, 0.3) is 0 Å². The zero-order valence-corrected chi connectivity index (χ0v) is 9.72. The predicted octanol–water partition coefficient (Wildman–Crippen LogP) is 3.06. The maximum absolute atomic E-state index is 4.50. The Labute approximate surface area is 87.3 Å². The van der Waals surface area contributed by atoms with Crippen LogP contribution in [0.1, 0.15) is 41.0 Å². The van der Waals surface area contributed by atoms with Crippen molar-refractivity contribution in [2.24, 2.45) is 5.73 Å². The van der Waals surface area contributed by atoms with Crippen LogP contribution in [0.2, 0.25) is 0 Å². The minimum atomic E-state index is 0.893. The molecule has 78 valence electrons. The van der Waals surface area contributed by atoms with Crippen LogP contribution in [0, 0.1) is 20.8 Å². The van der Waals surface area contributed by atoms with Crippen LogP contribution in [0.25, 0.3) is 0 Å². The molecule has 1 aromatic rings. The molecule has 2 N–H and O–H groups in total. The van der Waals surface area contributed by atoms with E-state index in [2.05, 4.69) is 38.6 Å². The van der Waals surface area contributed by atoms with Crippen molar-refractivity contribution in [2.75, 3.05) is 7.05 Å². The van der Waals surface area contributed by atoms with E-state index >= 15 is 0 Å². The highest BCUT2D eigenvalue weighted by Crippen LogP contribution is 2.43. The van der Waals surface area contributed by atoms with Gasteiger partial charge in [-0.15, -0.1) is 0 Å². The van der Waals surface area contributed by atoms with E-state index in [-0.39, 0.29) is 0 Å². The van der Waals surface area contributed by atoms with Crippen molar-refractivity contribution < 1.29 is 0 Å². The smallest absolute Gasteiger partial charge is 0.0156 e.